The van der Waals surface area contributed by atoms with Crippen LogP contribution in [0.25, 0.3) is 0 Å². The van der Waals surface area contributed by atoms with Gasteiger partial charge in [0.05, 0.1) is 0 Å². The average Bonchev–Trinajstić information content (AvgIpc) is 2.89. The van der Waals surface area contributed by atoms with Crippen LogP contribution in [0.5, 0.6) is 0 Å². The van der Waals surface area contributed by atoms with Gasteiger partial charge in [-0.3, -0.25) is 9.59 Å². The number of nitrogens with one attached hydrogen (secondary N) is 2. The summed E-state index contributed by atoms with van der Waals surface area (Å²) in [6.07, 6.45) is 9.57. The Balaban J connectivity index is 3.42. The van der Waals surface area contributed by atoms with Crippen LogP contribution in [0.1, 0.15) is 110 Å². The van der Waals surface area contributed by atoms with Crippen molar-refractivity contribution in [2.45, 2.75) is 117 Å². The van der Waals surface area contributed by atoms with Crippen molar-refractivity contribution >= 4 is 29.7 Å². The molecule has 0 fully saturated rings. The normalized spacial score (nSPS) is 12.9. The lowest BCUT2D eigenvalue weighted by Gasteiger charge is -2.34. The van der Waals surface area contributed by atoms with Crippen molar-refractivity contribution in [2.75, 3.05) is 25.1 Å². The molecule has 1 rings (SSSR count). The van der Waals surface area contributed by atoms with E-state index < -0.39 is 23.8 Å². The number of hydrogen-bond acceptors (Lipinski definition) is 5. The molecule has 2 unspecified atom stereocenters. The van der Waals surface area contributed by atoms with Gasteiger partial charge in [-0.05, 0) is 69.6 Å². The molecule has 1 aromatic rings. The van der Waals surface area contributed by atoms with Gasteiger partial charge in [-0.2, -0.15) is 11.8 Å². The van der Waals surface area contributed by atoms with Gasteiger partial charge in [-0.15, -0.1) is 0 Å². The van der Waals surface area contributed by atoms with Gasteiger partial charge >= 0.3 is 6.09 Å². The summed E-state index contributed by atoms with van der Waals surface area (Å²) in [4.78, 5) is 42.3. The average molecular weight is 564 g/mol. The van der Waals surface area contributed by atoms with Crippen molar-refractivity contribution in [3.8, 4) is 0 Å². The van der Waals surface area contributed by atoms with E-state index in [0.717, 1.165) is 56.9 Å². The monoisotopic (exact) mass is 563 g/mol. The van der Waals surface area contributed by atoms with Gasteiger partial charge in [0, 0.05) is 13.1 Å². The van der Waals surface area contributed by atoms with Gasteiger partial charge in [-0.1, -0.05) is 77.1 Å². The van der Waals surface area contributed by atoms with Gasteiger partial charge in [0.25, 0.3) is 0 Å². The van der Waals surface area contributed by atoms with Crippen LogP contribution in [0.2, 0.25) is 0 Å². The molecule has 0 aliphatic heterocycles. The first-order valence-electron chi connectivity index (χ1n) is 14.7. The Morgan fingerprint density at radius 1 is 0.949 bits per heavy atom. The van der Waals surface area contributed by atoms with E-state index in [1.807, 2.05) is 30.5 Å². The van der Waals surface area contributed by atoms with Crippen molar-refractivity contribution in [2.24, 2.45) is 0 Å². The maximum atomic E-state index is 14.2. The van der Waals surface area contributed by atoms with E-state index in [0.29, 0.717) is 25.3 Å². The van der Waals surface area contributed by atoms with E-state index in [2.05, 4.69) is 31.4 Å². The van der Waals surface area contributed by atoms with Crippen LogP contribution in [0.15, 0.2) is 24.3 Å². The number of amides is 3. The number of unbranched alkanes of at least 4 members (excludes halogenated alkanes) is 5. The van der Waals surface area contributed by atoms with E-state index in [4.69, 9.17) is 4.74 Å². The highest BCUT2D eigenvalue weighted by Crippen LogP contribution is 2.25. The molecule has 0 saturated heterocycles. The Hall–Kier alpha value is -2.22. The number of hydrogen-bond donors (Lipinski definition) is 2. The number of alkyl carbamates (subject to hydrolysis) is 1. The molecule has 0 radical (unpaired) electrons. The van der Waals surface area contributed by atoms with Gasteiger partial charge in [0.15, 0.2) is 0 Å². The summed E-state index contributed by atoms with van der Waals surface area (Å²) in [6.45, 7) is 12.8. The number of ether oxygens (including phenoxy) is 1. The Labute approximate surface area is 241 Å². The number of nitrogens with zero attached hydrogens (tertiary/aromatic N) is 1. The molecule has 7 nitrogen and oxygen atoms in total. The maximum absolute atomic E-state index is 14.2. The van der Waals surface area contributed by atoms with Crippen molar-refractivity contribution in [3.05, 3.63) is 35.4 Å². The molecule has 0 heterocycles. The van der Waals surface area contributed by atoms with Crippen LogP contribution in [-0.4, -0.2) is 59.5 Å². The van der Waals surface area contributed by atoms with E-state index in [9.17, 15) is 14.4 Å². The molecule has 0 saturated carbocycles. The van der Waals surface area contributed by atoms with Crippen LogP contribution in [0.3, 0.4) is 0 Å². The number of carbonyl (C=O) groups is 3. The van der Waals surface area contributed by atoms with E-state index >= 15 is 0 Å². The topological polar surface area (TPSA) is 87.7 Å². The molecule has 0 spiro atoms. The second kappa shape index (κ2) is 19.0. The summed E-state index contributed by atoms with van der Waals surface area (Å²) in [5, 5.41) is 5.90. The summed E-state index contributed by atoms with van der Waals surface area (Å²) in [7, 11) is 0. The van der Waals surface area contributed by atoms with Gasteiger partial charge in [0.2, 0.25) is 11.8 Å². The second-order valence-electron chi connectivity index (χ2n) is 11.1. The zero-order valence-electron chi connectivity index (χ0n) is 25.4. The molecular weight excluding hydrogens is 510 g/mol. The van der Waals surface area contributed by atoms with Gasteiger partial charge in [0.1, 0.15) is 17.7 Å². The van der Waals surface area contributed by atoms with Crippen LogP contribution in [0, 0.1) is 0 Å². The molecule has 0 aromatic heterocycles. The largest absolute Gasteiger partial charge is 0.444 e. The summed E-state index contributed by atoms with van der Waals surface area (Å²) >= 11 is 1.61. The number of thioether (sulfide) groups is 1. The fourth-order valence-electron chi connectivity index (χ4n) is 4.31. The molecule has 2 N–H and O–H groups in total. The van der Waals surface area contributed by atoms with Gasteiger partial charge in [-0.25, -0.2) is 4.79 Å². The van der Waals surface area contributed by atoms with Crippen LogP contribution >= 0.6 is 11.8 Å². The number of carbonyl (C=O) groups excluding carboxylic acids is 3. The smallest absolute Gasteiger partial charge is 0.408 e. The van der Waals surface area contributed by atoms with E-state index in [1.165, 1.54) is 5.56 Å². The van der Waals surface area contributed by atoms with Crippen LogP contribution in [0.4, 0.5) is 4.79 Å². The lowest BCUT2D eigenvalue weighted by atomic mass is 9.99. The zero-order chi connectivity index (χ0) is 29.3. The fraction of sp³-hybridized carbons (Fsp3) is 0.710. The third-order valence-corrected chi connectivity index (χ3v) is 7.12. The molecule has 2 atom stereocenters. The third kappa shape index (κ3) is 13.6. The molecule has 39 heavy (non-hydrogen) atoms. The van der Waals surface area contributed by atoms with Crippen LogP contribution < -0.4 is 10.6 Å². The molecule has 0 aliphatic rings. The highest BCUT2D eigenvalue weighted by atomic mass is 32.2. The Morgan fingerprint density at radius 2 is 1.59 bits per heavy atom. The minimum absolute atomic E-state index is 0.180. The molecule has 3 amide bonds. The first-order chi connectivity index (χ1) is 18.6. The maximum Gasteiger partial charge on any atom is 0.408 e. The Bertz CT molecular complexity index is 854. The first kappa shape index (κ1) is 34.8. The summed E-state index contributed by atoms with van der Waals surface area (Å²) in [5.41, 5.74) is 1.27. The summed E-state index contributed by atoms with van der Waals surface area (Å²) in [5.74, 6) is 0.259. The second-order valence-corrected chi connectivity index (χ2v) is 12.1. The molecule has 222 valence electrons. The predicted octanol–water partition coefficient (Wildman–Crippen LogP) is 6.65. The SMILES string of the molecule is CCCCCCN(C(=O)C(CCSC)NC(=O)OC(C)(C)C)C(C(=O)NCCCCC)c1ccc(CC)cc1. The summed E-state index contributed by atoms with van der Waals surface area (Å²) < 4.78 is 5.48. The number of benzene rings is 1. The van der Waals surface area contributed by atoms with Gasteiger partial charge < -0.3 is 20.3 Å². The van der Waals surface area contributed by atoms with Crippen molar-refractivity contribution in [1.82, 2.24) is 15.5 Å². The first-order valence-corrected chi connectivity index (χ1v) is 16.1. The highest BCUT2D eigenvalue weighted by Gasteiger charge is 2.35. The molecule has 1 aromatic carbocycles. The predicted molar refractivity (Wildman–Crippen MR) is 163 cm³/mol. The van der Waals surface area contributed by atoms with E-state index in [-0.39, 0.29) is 11.8 Å². The van der Waals surface area contributed by atoms with Crippen LogP contribution in [-0.2, 0) is 20.7 Å². The highest BCUT2D eigenvalue weighted by molar-refractivity contribution is 7.98. The molecular formula is C31H53N3O4S. The van der Waals surface area contributed by atoms with E-state index in [1.54, 1.807) is 37.4 Å². The lowest BCUT2D eigenvalue weighted by Crippen LogP contribution is -2.53. The number of aryl methyl sites for hydroxylation is 1. The number of rotatable bonds is 18. The molecule has 0 aliphatic carbocycles. The van der Waals surface area contributed by atoms with Crippen molar-refractivity contribution < 1.29 is 19.1 Å². The lowest BCUT2D eigenvalue weighted by molar-refractivity contribution is -0.142. The molecule has 0 bridgehead atoms. The zero-order valence-corrected chi connectivity index (χ0v) is 26.3. The van der Waals surface area contributed by atoms with Crippen molar-refractivity contribution in [3.63, 3.8) is 0 Å². The summed E-state index contributed by atoms with van der Waals surface area (Å²) in [6, 6.07) is 6.40. The Kier molecular flexibility index (Phi) is 16.9. The van der Waals surface area contributed by atoms with Crippen molar-refractivity contribution in [1.29, 1.82) is 0 Å². The molecule has 8 heteroatoms. The fourth-order valence-corrected chi connectivity index (χ4v) is 4.78. The quantitative estimate of drug-likeness (QED) is 0.195. The standard InChI is InChI=1S/C31H53N3O4S/c1-8-11-13-15-22-34(29(36)26(20-23-39-7)33-30(37)38-31(4,5)6)27(28(35)32-21-14-12-9-2)25-18-16-24(10-3)17-19-25/h16-19,26-27H,8-15,20-23H2,1-7H3,(H,32,35)(H,33,37). The minimum atomic E-state index is -0.788. The third-order valence-electron chi connectivity index (χ3n) is 6.48. The Morgan fingerprint density at radius 3 is 2.15 bits per heavy atom. The minimum Gasteiger partial charge on any atom is -0.444 e.